The molecule has 2 amide bonds. The standard InChI is InChI=1S/C24H21IN4O3S/c1-12-6-5-7-18(15(12)4)28-23(32)21-20(29-19(30)11-14(3)26-24(29)33-21)22(31)27-17-9-8-16(25)10-13(17)2/h5-11H,1-4H3,(H,27,31)(H,28,32). The third-order valence-electron chi connectivity index (χ3n) is 5.36. The molecule has 0 unspecified atom stereocenters. The van der Waals surface area contributed by atoms with Crippen LogP contribution in [0.5, 0.6) is 0 Å². The number of aromatic nitrogens is 2. The first kappa shape index (κ1) is 23.1. The maximum atomic E-state index is 13.4. The van der Waals surface area contributed by atoms with Crippen LogP contribution in [0.25, 0.3) is 4.96 Å². The van der Waals surface area contributed by atoms with E-state index in [1.54, 1.807) is 19.1 Å². The van der Waals surface area contributed by atoms with Crippen LogP contribution in [0, 0.1) is 31.3 Å². The van der Waals surface area contributed by atoms with E-state index >= 15 is 0 Å². The van der Waals surface area contributed by atoms with Gasteiger partial charge in [0.1, 0.15) is 10.6 Å². The molecule has 0 aliphatic carbocycles. The van der Waals surface area contributed by atoms with Gasteiger partial charge in [-0.05, 0) is 91.2 Å². The van der Waals surface area contributed by atoms with Crippen molar-refractivity contribution < 1.29 is 9.59 Å². The summed E-state index contributed by atoms with van der Waals surface area (Å²) in [6.07, 6.45) is 0. The molecule has 0 radical (unpaired) electrons. The van der Waals surface area contributed by atoms with Gasteiger partial charge in [-0.2, -0.15) is 0 Å². The molecule has 0 spiro atoms. The number of amides is 2. The molecule has 7 nitrogen and oxygen atoms in total. The minimum atomic E-state index is -0.551. The van der Waals surface area contributed by atoms with E-state index in [9.17, 15) is 14.4 Å². The fraction of sp³-hybridized carbons (Fsp3) is 0.167. The zero-order chi connectivity index (χ0) is 23.9. The molecule has 2 N–H and O–H groups in total. The summed E-state index contributed by atoms with van der Waals surface area (Å²) in [7, 11) is 0. The van der Waals surface area contributed by atoms with Crippen molar-refractivity contribution >= 4 is 62.1 Å². The largest absolute Gasteiger partial charge is 0.321 e. The number of nitrogens with one attached hydrogen (secondary N) is 2. The highest BCUT2D eigenvalue weighted by molar-refractivity contribution is 14.1. The van der Waals surface area contributed by atoms with E-state index in [0.29, 0.717) is 17.1 Å². The summed E-state index contributed by atoms with van der Waals surface area (Å²) >= 11 is 3.21. The molecule has 0 atom stereocenters. The maximum absolute atomic E-state index is 13.4. The second-order valence-corrected chi connectivity index (χ2v) is 9.97. The van der Waals surface area contributed by atoms with Crippen LogP contribution in [-0.2, 0) is 0 Å². The minimum Gasteiger partial charge on any atom is -0.321 e. The van der Waals surface area contributed by atoms with E-state index in [2.05, 4.69) is 38.2 Å². The number of anilines is 2. The van der Waals surface area contributed by atoms with E-state index < -0.39 is 17.4 Å². The maximum Gasteiger partial charge on any atom is 0.274 e. The second kappa shape index (κ2) is 9.06. The lowest BCUT2D eigenvalue weighted by molar-refractivity contribution is 0.0989. The molecular weight excluding hydrogens is 551 g/mol. The Balaban J connectivity index is 1.82. The number of aryl methyl sites for hydroxylation is 3. The molecule has 2 aromatic carbocycles. The summed E-state index contributed by atoms with van der Waals surface area (Å²) in [5.41, 5.74) is 4.16. The van der Waals surface area contributed by atoms with Gasteiger partial charge in [0.15, 0.2) is 4.96 Å². The summed E-state index contributed by atoms with van der Waals surface area (Å²) in [5.74, 6) is -1.02. The molecular formula is C24H21IN4O3S. The molecule has 2 heterocycles. The molecule has 0 aliphatic rings. The predicted octanol–water partition coefficient (Wildman–Crippen LogP) is 5.10. The van der Waals surface area contributed by atoms with Crippen LogP contribution in [0.3, 0.4) is 0 Å². The van der Waals surface area contributed by atoms with Crippen LogP contribution >= 0.6 is 33.9 Å². The highest BCUT2D eigenvalue weighted by Crippen LogP contribution is 2.26. The monoisotopic (exact) mass is 572 g/mol. The zero-order valence-electron chi connectivity index (χ0n) is 18.4. The Morgan fingerprint density at radius 2 is 1.67 bits per heavy atom. The van der Waals surface area contributed by atoms with Gasteiger partial charge in [0.05, 0.1) is 0 Å². The second-order valence-electron chi connectivity index (χ2n) is 7.75. The Morgan fingerprint density at radius 1 is 0.939 bits per heavy atom. The molecule has 0 saturated heterocycles. The Hall–Kier alpha value is -3.05. The Morgan fingerprint density at radius 3 is 2.39 bits per heavy atom. The summed E-state index contributed by atoms with van der Waals surface area (Å²) in [5, 5.41) is 5.74. The number of halogens is 1. The van der Waals surface area contributed by atoms with Crippen molar-refractivity contribution in [2.24, 2.45) is 0 Å². The van der Waals surface area contributed by atoms with Crippen molar-refractivity contribution in [3.8, 4) is 0 Å². The van der Waals surface area contributed by atoms with Crippen LogP contribution in [0.4, 0.5) is 11.4 Å². The first-order chi connectivity index (χ1) is 15.7. The average molecular weight is 572 g/mol. The molecule has 4 rings (SSSR count). The lowest BCUT2D eigenvalue weighted by Crippen LogP contribution is -2.25. The van der Waals surface area contributed by atoms with E-state index in [1.165, 1.54) is 10.5 Å². The van der Waals surface area contributed by atoms with E-state index in [0.717, 1.165) is 31.6 Å². The molecule has 168 valence electrons. The number of rotatable bonds is 4. The number of thiazole rings is 1. The zero-order valence-corrected chi connectivity index (χ0v) is 21.4. The predicted molar refractivity (Wildman–Crippen MR) is 140 cm³/mol. The van der Waals surface area contributed by atoms with Crippen molar-refractivity contribution in [3.05, 3.63) is 89.3 Å². The molecule has 0 bridgehead atoms. The lowest BCUT2D eigenvalue weighted by Gasteiger charge is -2.12. The number of benzene rings is 2. The Kier molecular flexibility index (Phi) is 6.35. The van der Waals surface area contributed by atoms with Gasteiger partial charge in [0, 0.05) is 26.7 Å². The van der Waals surface area contributed by atoms with E-state index in [4.69, 9.17) is 0 Å². The Labute approximate surface area is 208 Å². The molecule has 4 aromatic rings. The number of nitrogens with zero attached hydrogens (tertiary/aromatic N) is 2. The first-order valence-corrected chi connectivity index (χ1v) is 12.0. The fourth-order valence-electron chi connectivity index (χ4n) is 3.46. The number of hydrogen-bond donors (Lipinski definition) is 2. The molecule has 9 heteroatoms. The smallest absolute Gasteiger partial charge is 0.274 e. The topological polar surface area (TPSA) is 92.6 Å². The molecule has 0 fully saturated rings. The number of carbonyl (C=O) groups excluding carboxylic acids is 2. The van der Waals surface area contributed by atoms with Gasteiger partial charge in [0.25, 0.3) is 17.4 Å². The van der Waals surface area contributed by atoms with Gasteiger partial charge in [-0.25, -0.2) is 9.38 Å². The normalized spacial score (nSPS) is 10.9. The van der Waals surface area contributed by atoms with Gasteiger partial charge < -0.3 is 10.6 Å². The third-order valence-corrected chi connectivity index (χ3v) is 7.07. The highest BCUT2D eigenvalue weighted by Gasteiger charge is 2.27. The third kappa shape index (κ3) is 4.55. The molecule has 0 saturated carbocycles. The SMILES string of the molecule is Cc1cc(=O)n2c(C(=O)Nc3ccc(I)cc3C)c(C(=O)Nc3cccc(C)c3C)sc2n1. The highest BCUT2D eigenvalue weighted by atomic mass is 127. The van der Waals surface area contributed by atoms with Gasteiger partial charge in [-0.3, -0.25) is 14.4 Å². The van der Waals surface area contributed by atoms with Crippen molar-refractivity contribution in [3.63, 3.8) is 0 Å². The Bertz CT molecular complexity index is 1490. The molecule has 2 aromatic heterocycles. The quantitative estimate of drug-likeness (QED) is 0.333. The van der Waals surface area contributed by atoms with Crippen LogP contribution < -0.4 is 16.2 Å². The molecule has 0 aliphatic heterocycles. The van der Waals surface area contributed by atoms with Crippen molar-refractivity contribution in [1.29, 1.82) is 0 Å². The van der Waals surface area contributed by atoms with Crippen molar-refractivity contribution in [2.75, 3.05) is 10.6 Å². The summed E-state index contributed by atoms with van der Waals surface area (Å²) in [6, 6.07) is 12.6. The van der Waals surface area contributed by atoms with Gasteiger partial charge in [-0.1, -0.05) is 23.5 Å². The number of hydrogen-bond acceptors (Lipinski definition) is 5. The van der Waals surface area contributed by atoms with E-state index in [-0.39, 0.29) is 15.5 Å². The van der Waals surface area contributed by atoms with Crippen molar-refractivity contribution in [2.45, 2.75) is 27.7 Å². The summed E-state index contributed by atoms with van der Waals surface area (Å²) in [4.78, 5) is 44.3. The summed E-state index contributed by atoms with van der Waals surface area (Å²) in [6.45, 7) is 7.46. The van der Waals surface area contributed by atoms with Gasteiger partial charge >= 0.3 is 0 Å². The van der Waals surface area contributed by atoms with Crippen LogP contribution in [-0.4, -0.2) is 21.2 Å². The number of fused-ring (bicyclic) bond motifs is 1. The van der Waals surface area contributed by atoms with Gasteiger partial charge in [-0.15, -0.1) is 0 Å². The van der Waals surface area contributed by atoms with Crippen molar-refractivity contribution in [1.82, 2.24) is 9.38 Å². The van der Waals surface area contributed by atoms with Crippen LogP contribution in [0.2, 0.25) is 0 Å². The minimum absolute atomic E-state index is 0.0340. The fourth-order valence-corrected chi connectivity index (χ4v) is 5.18. The first-order valence-electron chi connectivity index (χ1n) is 10.1. The average Bonchev–Trinajstić information content (AvgIpc) is 3.13. The molecule has 33 heavy (non-hydrogen) atoms. The lowest BCUT2D eigenvalue weighted by atomic mass is 10.1. The van der Waals surface area contributed by atoms with Gasteiger partial charge in [0.2, 0.25) is 0 Å². The van der Waals surface area contributed by atoms with Crippen LogP contribution in [0.15, 0.2) is 47.3 Å². The van der Waals surface area contributed by atoms with E-state index in [1.807, 2.05) is 45.0 Å². The number of carbonyl (C=O) groups is 2. The summed E-state index contributed by atoms with van der Waals surface area (Å²) < 4.78 is 2.24. The van der Waals surface area contributed by atoms with Crippen LogP contribution in [0.1, 0.15) is 42.5 Å².